The Morgan fingerprint density at radius 2 is 0.935 bits per heavy atom. The Bertz CT molecular complexity index is 1480. The third kappa shape index (κ3) is 5.81. The quantitative estimate of drug-likeness (QED) is 0.222. The molecule has 3 rings (SSSR count). The molecule has 9 N–H and O–H groups in total. The maximum atomic E-state index is 11.0. The smallest absolute Gasteiger partial charge is 0.296 e. The van der Waals surface area contributed by atoms with Crippen LogP contribution >= 0.6 is 0 Å². The molecule has 31 heavy (non-hydrogen) atoms. The van der Waals surface area contributed by atoms with Crippen molar-refractivity contribution in [2.24, 2.45) is 0 Å². The van der Waals surface area contributed by atoms with Gasteiger partial charge in [-0.1, -0.05) is 6.07 Å². The first-order valence-electron chi connectivity index (χ1n) is 7.91. The highest BCUT2D eigenvalue weighted by Gasteiger charge is 2.18. The molecule has 0 aliphatic carbocycles. The van der Waals surface area contributed by atoms with E-state index in [1.165, 1.54) is 18.2 Å². The van der Waals surface area contributed by atoms with Crippen molar-refractivity contribution in [1.82, 2.24) is 0 Å². The van der Waals surface area contributed by atoms with Gasteiger partial charge in [0.1, 0.15) is 4.90 Å². The van der Waals surface area contributed by atoms with Gasteiger partial charge in [-0.05, 0) is 42.5 Å². The number of hydrogen-bond donors (Lipinski definition) is 6. The molecule has 0 saturated carbocycles. The highest BCUT2D eigenvalue weighted by molar-refractivity contribution is 7.86. The zero-order valence-corrected chi connectivity index (χ0v) is 17.8. The molecule has 3 aromatic rings. The zero-order valence-electron chi connectivity index (χ0n) is 15.4. The first-order valence-corrected chi connectivity index (χ1v) is 12.2. The lowest BCUT2D eigenvalue weighted by Crippen LogP contribution is -2.06. The van der Waals surface area contributed by atoms with Crippen LogP contribution in [0.5, 0.6) is 0 Å². The summed E-state index contributed by atoms with van der Waals surface area (Å²) in [6, 6.07) is 9.77. The molecular weight excluding hydrogens is 474 g/mol. The van der Waals surface area contributed by atoms with E-state index in [1.807, 2.05) is 0 Å². The molecular formula is C16H17N3O9S3. The van der Waals surface area contributed by atoms with E-state index < -0.39 is 40.1 Å². The standard InChI is InChI=1S/C10H10N2O3S.C6H7NO6S2/c11-9-3-4-10(12)8-5-6(16(13,14)15)1-2-7(8)9;7-5-2-1-4(14(8,9)10)3-6(5)15(11,12)13/h1-5H,11-12H2,(H,13,14,15);1-3H,7H2,(H,8,9,10)(H,11,12,13). The summed E-state index contributed by atoms with van der Waals surface area (Å²) in [7, 11) is -13.4. The minimum atomic E-state index is -4.62. The van der Waals surface area contributed by atoms with Gasteiger partial charge in [0.15, 0.2) is 0 Å². The van der Waals surface area contributed by atoms with Crippen LogP contribution in [0.2, 0.25) is 0 Å². The highest BCUT2D eigenvalue weighted by atomic mass is 32.2. The SMILES string of the molecule is Nc1ccc(N)c2cc(S(=O)(=O)O)ccc12.Nc1ccc(S(=O)(=O)O)cc1S(=O)(=O)O. The van der Waals surface area contributed by atoms with Gasteiger partial charge < -0.3 is 17.2 Å². The molecule has 168 valence electrons. The fourth-order valence-corrected chi connectivity index (χ4v) is 4.16. The van der Waals surface area contributed by atoms with E-state index in [2.05, 4.69) is 0 Å². The number of rotatable bonds is 3. The van der Waals surface area contributed by atoms with Crippen molar-refractivity contribution in [3.8, 4) is 0 Å². The molecule has 0 heterocycles. The minimum absolute atomic E-state index is 0.197. The molecule has 0 aliphatic rings. The predicted molar refractivity (Wildman–Crippen MR) is 113 cm³/mol. The van der Waals surface area contributed by atoms with E-state index in [0.29, 0.717) is 28.2 Å². The molecule has 0 spiro atoms. The van der Waals surface area contributed by atoms with Gasteiger partial charge in [0.2, 0.25) is 0 Å². The minimum Gasteiger partial charge on any atom is -0.398 e. The average molecular weight is 492 g/mol. The Morgan fingerprint density at radius 3 is 1.42 bits per heavy atom. The van der Waals surface area contributed by atoms with Crippen molar-refractivity contribution in [2.75, 3.05) is 17.2 Å². The van der Waals surface area contributed by atoms with E-state index in [9.17, 15) is 25.3 Å². The van der Waals surface area contributed by atoms with Crippen LogP contribution in [0, 0.1) is 0 Å². The van der Waals surface area contributed by atoms with Crippen molar-refractivity contribution in [3.63, 3.8) is 0 Å². The van der Waals surface area contributed by atoms with Crippen LogP contribution in [0.1, 0.15) is 0 Å². The Kier molecular flexibility index (Phi) is 6.51. The molecule has 0 fully saturated rings. The Hall–Kier alpha value is -2.95. The summed E-state index contributed by atoms with van der Waals surface area (Å²) in [6.45, 7) is 0. The maximum absolute atomic E-state index is 11.0. The van der Waals surface area contributed by atoms with Gasteiger partial charge in [-0.25, -0.2) is 0 Å². The van der Waals surface area contributed by atoms with Gasteiger partial charge in [-0.3, -0.25) is 13.7 Å². The van der Waals surface area contributed by atoms with Gasteiger partial charge in [0.05, 0.1) is 15.5 Å². The molecule has 0 atom stereocenters. The molecule has 0 aromatic heterocycles. The zero-order chi connectivity index (χ0) is 23.8. The van der Waals surface area contributed by atoms with E-state index in [-0.39, 0.29) is 10.6 Å². The second-order valence-electron chi connectivity index (χ2n) is 6.08. The van der Waals surface area contributed by atoms with Crippen LogP contribution in [0.4, 0.5) is 17.1 Å². The molecule has 0 bridgehead atoms. The van der Waals surface area contributed by atoms with Crippen molar-refractivity contribution in [2.45, 2.75) is 14.7 Å². The topological polar surface area (TPSA) is 241 Å². The molecule has 12 nitrogen and oxygen atoms in total. The van der Waals surface area contributed by atoms with Crippen molar-refractivity contribution in [3.05, 3.63) is 48.5 Å². The lowest BCUT2D eigenvalue weighted by atomic mass is 10.1. The molecule has 0 unspecified atom stereocenters. The Balaban J connectivity index is 0.000000221. The van der Waals surface area contributed by atoms with Crippen LogP contribution in [0.25, 0.3) is 10.8 Å². The number of benzene rings is 3. The van der Waals surface area contributed by atoms with E-state index >= 15 is 0 Å². The summed E-state index contributed by atoms with van der Waals surface area (Å²) in [4.78, 5) is -1.63. The predicted octanol–water partition coefficient (Wildman–Crippen LogP) is 1.01. The second kappa shape index (κ2) is 8.29. The summed E-state index contributed by atoms with van der Waals surface area (Å²) in [5.41, 5.74) is 17.2. The molecule has 15 heteroatoms. The Morgan fingerprint density at radius 1 is 0.516 bits per heavy atom. The van der Waals surface area contributed by atoms with Gasteiger partial charge in [-0.15, -0.1) is 0 Å². The first kappa shape index (κ1) is 24.3. The number of nitrogens with two attached hydrogens (primary N) is 3. The number of fused-ring (bicyclic) bond motifs is 1. The van der Waals surface area contributed by atoms with Crippen molar-refractivity contribution >= 4 is 58.2 Å². The van der Waals surface area contributed by atoms with Crippen LogP contribution in [-0.2, 0) is 30.4 Å². The van der Waals surface area contributed by atoms with E-state index in [0.717, 1.165) is 12.1 Å². The van der Waals surface area contributed by atoms with Crippen LogP contribution in [-0.4, -0.2) is 38.9 Å². The average Bonchev–Trinajstić information content (AvgIpc) is 2.63. The van der Waals surface area contributed by atoms with Crippen molar-refractivity contribution in [1.29, 1.82) is 0 Å². The van der Waals surface area contributed by atoms with Crippen LogP contribution in [0.3, 0.4) is 0 Å². The van der Waals surface area contributed by atoms with Gasteiger partial charge >= 0.3 is 0 Å². The van der Waals surface area contributed by atoms with Gasteiger partial charge in [0.25, 0.3) is 30.4 Å². The highest BCUT2D eigenvalue weighted by Crippen LogP contribution is 2.28. The van der Waals surface area contributed by atoms with Gasteiger partial charge in [-0.2, -0.15) is 25.3 Å². The number of hydrogen-bond acceptors (Lipinski definition) is 9. The first-order chi connectivity index (χ1) is 14.0. The number of anilines is 3. The Labute approximate surface area is 177 Å². The summed E-state index contributed by atoms with van der Waals surface area (Å²) in [5.74, 6) is 0. The molecule has 3 aromatic carbocycles. The third-order valence-electron chi connectivity index (χ3n) is 3.91. The second-order valence-corrected chi connectivity index (χ2v) is 10.3. The lowest BCUT2D eigenvalue weighted by Gasteiger charge is -2.06. The van der Waals surface area contributed by atoms with E-state index in [1.54, 1.807) is 12.1 Å². The number of nitrogen functional groups attached to an aromatic ring is 3. The van der Waals surface area contributed by atoms with E-state index in [4.69, 9.17) is 30.9 Å². The summed E-state index contributed by atoms with van der Waals surface area (Å²) < 4.78 is 90.9. The largest absolute Gasteiger partial charge is 0.398 e. The molecule has 0 saturated heterocycles. The van der Waals surface area contributed by atoms with Crippen molar-refractivity contribution < 1.29 is 38.9 Å². The maximum Gasteiger partial charge on any atom is 0.296 e. The third-order valence-corrected chi connectivity index (χ3v) is 6.52. The summed E-state index contributed by atoms with van der Waals surface area (Å²) >= 11 is 0. The fraction of sp³-hybridized carbons (Fsp3) is 0. The lowest BCUT2D eigenvalue weighted by molar-refractivity contribution is 0.479. The summed E-state index contributed by atoms with van der Waals surface area (Å²) in [5, 5.41) is 1.17. The summed E-state index contributed by atoms with van der Waals surface area (Å²) in [6.07, 6.45) is 0. The van der Waals surface area contributed by atoms with Gasteiger partial charge in [0, 0.05) is 22.1 Å². The van der Waals surface area contributed by atoms with Crippen LogP contribution in [0.15, 0.2) is 63.2 Å². The molecule has 0 amide bonds. The normalized spacial score (nSPS) is 12.2. The molecule has 0 aliphatic heterocycles. The van der Waals surface area contributed by atoms with Crippen LogP contribution < -0.4 is 17.2 Å². The molecule has 0 radical (unpaired) electrons. The monoisotopic (exact) mass is 491 g/mol. The fourth-order valence-electron chi connectivity index (χ4n) is 2.43.